The number of rotatable bonds is 4. The van der Waals surface area contributed by atoms with Crippen LogP contribution in [0.4, 0.5) is 0 Å². The highest BCUT2D eigenvalue weighted by molar-refractivity contribution is 5.96. The molecule has 0 saturated carbocycles. The largest absolute Gasteiger partial charge is 0.297 e. The van der Waals surface area contributed by atoms with Gasteiger partial charge in [0.2, 0.25) is 0 Å². The lowest BCUT2D eigenvalue weighted by atomic mass is 9.92. The summed E-state index contributed by atoms with van der Waals surface area (Å²) in [6.07, 6.45) is 3.48. The number of hydrogen-bond donors (Lipinski definition) is 1. The molecule has 26 heavy (non-hydrogen) atoms. The summed E-state index contributed by atoms with van der Waals surface area (Å²) < 4.78 is 1.45. The van der Waals surface area contributed by atoms with Crippen molar-refractivity contribution in [2.24, 2.45) is 5.92 Å². The number of Topliss-reactive ketones (excluding diaryl/α,β-unsaturated/α-hetero) is 1. The first-order chi connectivity index (χ1) is 12.6. The summed E-state index contributed by atoms with van der Waals surface area (Å²) in [7, 11) is 0. The Morgan fingerprint density at radius 1 is 1.35 bits per heavy atom. The maximum absolute atomic E-state index is 12.7. The van der Waals surface area contributed by atoms with E-state index in [9.17, 15) is 9.59 Å². The Labute approximate surface area is 150 Å². The number of aromatic amines is 1. The van der Waals surface area contributed by atoms with E-state index in [-0.39, 0.29) is 17.3 Å². The van der Waals surface area contributed by atoms with E-state index in [0.717, 1.165) is 30.8 Å². The number of nitrogens with zero attached hydrogens (tertiary/aromatic N) is 4. The van der Waals surface area contributed by atoms with Gasteiger partial charge in [-0.2, -0.15) is 0 Å². The molecule has 1 N–H and O–H groups in total. The van der Waals surface area contributed by atoms with Crippen molar-refractivity contribution in [1.82, 2.24) is 24.5 Å². The maximum atomic E-state index is 12.7. The molecule has 0 aromatic carbocycles. The van der Waals surface area contributed by atoms with E-state index in [0.29, 0.717) is 24.4 Å². The summed E-state index contributed by atoms with van der Waals surface area (Å²) in [5, 5.41) is 2.97. The van der Waals surface area contributed by atoms with Gasteiger partial charge in [-0.1, -0.05) is 6.07 Å². The zero-order valence-electron chi connectivity index (χ0n) is 14.7. The number of H-pyrrole nitrogens is 1. The number of pyridine rings is 1. The molecular weight excluding hydrogens is 330 g/mol. The molecule has 3 aromatic heterocycles. The first-order valence-corrected chi connectivity index (χ1v) is 8.86. The third-order valence-corrected chi connectivity index (χ3v) is 4.81. The van der Waals surface area contributed by atoms with Gasteiger partial charge >= 0.3 is 0 Å². The quantitative estimate of drug-likeness (QED) is 0.725. The smallest absolute Gasteiger partial charge is 0.272 e. The Morgan fingerprint density at radius 2 is 2.23 bits per heavy atom. The third kappa shape index (κ3) is 3.30. The fraction of sp³-hybridized carbons (Fsp3) is 0.368. The second kappa shape index (κ2) is 6.84. The van der Waals surface area contributed by atoms with Crippen LogP contribution < -0.4 is 5.56 Å². The molecule has 0 spiro atoms. The van der Waals surface area contributed by atoms with Crippen LogP contribution in [0.25, 0.3) is 5.65 Å². The second-order valence-corrected chi connectivity index (χ2v) is 6.87. The minimum absolute atomic E-state index is 0.0574. The number of hydrogen-bond acceptors (Lipinski definition) is 5. The molecule has 4 rings (SSSR count). The van der Waals surface area contributed by atoms with E-state index in [1.807, 2.05) is 25.1 Å². The molecule has 134 valence electrons. The molecule has 0 aliphatic carbocycles. The first-order valence-electron chi connectivity index (χ1n) is 8.86. The number of carbonyl (C=O) groups is 1. The van der Waals surface area contributed by atoms with Crippen LogP contribution >= 0.6 is 0 Å². The fourth-order valence-corrected chi connectivity index (χ4v) is 3.60. The molecule has 7 heteroatoms. The molecule has 0 radical (unpaired) electrons. The van der Waals surface area contributed by atoms with Gasteiger partial charge in [-0.05, 0) is 38.4 Å². The molecule has 3 aromatic rings. The summed E-state index contributed by atoms with van der Waals surface area (Å²) in [5.74, 6) is 0.0398. The molecule has 0 bridgehead atoms. The van der Waals surface area contributed by atoms with Crippen LogP contribution in [0.15, 0.2) is 41.3 Å². The normalized spacial score (nSPS) is 18.3. The van der Waals surface area contributed by atoms with Crippen LogP contribution in [0.3, 0.4) is 0 Å². The van der Waals surface area contributed by atoms with Crippen LogP contribution in [-0.2, 0) is 6.54 Å². The number of aromatic nitrogens is 4. The number of likely N-dealkylation sites (tertiary alicyclic amines) is 1. The summed E-state index contributed by atoms with van der Waals surface area (Å²) >= 11 is 0. The minimum atomic E-state index is -0.115. The zero-order chi connectivity index (χ0) is 18.1. The van der Waals surface area contributed by atoms with E-state index in [1.54, 1.807) is 18.3 Å². The second-order valence-electron chi connectivity index (χ2n) is 6.87. The van der Waals surface area contributed by atoms with Crippen molar-refractivity contribution >= 4 is 11.4 Å². The van der Waals surface area contributed by atoms with Gasteiger partial charge < -0.3 is 0 Å². The van der Waals surface area contributed by atoms with Gasteiger partial charge in [0.1, 0.15) is 5.69 Å². The van der Waals surface area contributed by atoms with Crippen molar-refractivity contribution < 1.29 is 4.79 Å². The summed E-state index contributed by atoms with van der Waals surface area (Å²) in [5.41, 5.74) is 2.67. The Kier molecular flexibility index (Phi) is 4.38. The number of piperidine rings is 1. The topological polar surface area (TPSA) is 83.4 Å². The molecule has 7 nitrogen and oxygen atoms in total. The Morgan fingerprint density at radius 3 is 3.04 bits per heavy atom. The van der Waals surface area contributed by atoms with E-state index in [4.69, 9.17) is 0 Å². The molecule has 1 atom stereocenters. The third-order valence-electron chi connectivity index (χ3n) is 4.81. The van der Waals surface area contributed by atoms with Gasteiger partial charge in [0.05, 0.1) is 5.69 Å². The van der Waals surface area contributed by atoms with Crippen molar-refractivity contribution in [2.75, 3.05) is 13.1 Å². The highest BCUT2D eigenvalue weighted by Gasteiger charge is 2.27. The van der Waals surface area contributed by atoms with Crippen LogP contribution in [0, 0.1) is 12.8 Å². The van der Waals surface area contributed by atoms with E-state index >= 15 is 0 Å². The maximum Gasteiger partial charge on any atom is 0.272 e. The minimum Gasteiger partial charge on any atom is -0.297 e. The molecule has 1 fully saturated rings. The van der Waals surface area contributed by atoms with Gasteiger partial charge in [-0.3, -0.25) is 24.6 Å². The molecule has 4 heterocycles. The van der Waals surface area contributed by atoms with E-state index in [1.165, 1.54) is 4.52 Å². The standard InChI is InChI=1S/C19H21N5O2/c1-13-9-17-21-15(10-18(25)24(17)22-13)12-23-8-4-5-14(11-23)19(26)16-6-2-3-7-20-16/h2-3,6-7,9-10,14,22H,4-5,8,11-12H2,1H3. The SMILES string of the molecule is Cc1cc2nc(CN3CCCC(C(=O)c4ccccn4)C3)cc(=O)n2[nH]1. The lowest BCUT2D eigenvalue weighted by Gasteiger charge is -2.31. The Balaban J connectivity index is 1.50. The van der Waals surface area contributed by atoms with Gasteiger partial charge in [0.15, 0.2) is 11.4 Å². The van der Waals surface area contributed by atoms with Gasteiger partial charge in [0, 0.05) is 43.0 Å². The van der Waals surface area contributed by atoms with E-state index < -0.39 is 0 Å². The Bertz CT molecular complexity index is 992. The number of carbonyl (C=O) groups excluding carboxylic acids is 1. The molecule has 1 aliphatic rings. The molecule has 1 saturated heterocycles. The average molecular weight is 351 g/mol. The number of nitrogens with one attached hydrogen (secondary N) is 1. The Hall–Kier alpha value is -2.80. The van der Waals surface area contributed by atoms with Crippen LogP contribution in [0.5, 0.6) is 0 Å². The van der Waals surface area contributed by atoms with Crippen molar-refractivity contribution in [2.45, 2.75) is 26.3 Å². The van der Waals surface area contributed by atoms with E-state index in [2.05, 4.69) is 20.0 Å². The zero-order valence-corrected chi connectivity index (χ0v) is 14.7. The number of ketones is 1. The highest BCUT2D eigenvalue weighted by atomic mass is 16.1. The lowest BCUT2D eigenvalue weighted by molar-refractivity contribution is 0.0805. The van der Waals surface area contributed by atoms with Gasteiger partial charge in [-0.25, -0.2) is 9.50 Å². The van der Waals surface area contributed by atoms with Gasteiger partial charge in [0.25, 0.3) is 5.56 Å². The van der Waals surface area contributed by atoms with Crippen molar-refractivity contribution in [1.29, 1.82) is 0 Å². The molecule has 0 amide bonds. The predicted molar refractivity (Wildman–Crippen MR) is 97.1 cm³/mol. The van der Waals surface area contributed by atoms with Crippen LogP contribution in [-0.4, -0.2) is 43.4 Å². The summed E-state index contributed by atoms with van der Waals surface area (Å²) in [4.78, 5) is 35.8. The average Bonchev–Trinajstić information content (AvgIpc) is 3.03. The van der Waals surface area contributed by atoms with Crippen molar-refractivity contribution in [3.63, 3.8) is 0 Å². The number of aryl methyl sites for hydroxylation is 1. The van der Waals surface area contributed by atoms with Gasteiger partial charge in [-0.15, -0.1) is 0 Å². The molecule has 1 unspecified atom stereocenters. The fourth-order valence-electron chi connectivity index (χ4n) is 3.60. The highest BCUT2D eigenvalue weighted by Crippen LogP contribution is 2.21. The predicted octanol–water partition coefficient (Wildman–Crippen LogP) is 1.82. The monoisotopic (exact) mass is 351 g/mol. The summed E-state index contributed by atoms with van der Waals surface area (Å²) in [6.45, 7) is 4.04. The van der Waals surface area contributed by atoms with Crippen molar-refractivity contribution in [3.05, 3.63) is 64.0 Å². The summed E-state index contributed by atoms with van der Waals surface area (Å²) in [6, 6.07) is 8.84. The molecule has 1 aliphatic heterocycles. The lowest BCUT2D eigenvalue weighted by Crippen LogP contribution is -2.38. The first kappa shape index (κ1) is 16.7. The number of fused-ring (bicyclic) bond motifs is 1. The van der Waals surface area contributed by atoms with Crippen LogP contribution in [0.1, 0.15) is 34.7 Å². The van der Waals surface area contributed by atoms with Crippen molar-refractivity contribution in [3.8, 4) is 0 Å². The molecular formula is C19H21N5O2. The van der Waals surface area contributed by atoms with Crippen LogP contribution in [0.2, 0.25) is 0 Å².